The Morgan fingerprint density at radius 1 is 1.12 bits per heavy atom. The van der Waals surface area contributed by atoms with Gasteiger partial charge in [0.25, 0.3) is 5.56 Å². The van der Waals surface area contributed by atoms with E-state index in [4.69, 9.17) is 0 Å². The number of nitrogens with zero attached hydrogens (tertiary/aromatic N) is 3. The molecule has 122 valence electrons. The topological polar surface area (TPSA) is 68.0 Å². The predicted octanol–water partition coefficient (Wildman–Crippen LogP) is 3.05. The highest BCUT2D eigenvalue weighted by molar-refractivity contribution is 5.79. The van der Waals surface area contributed by atoms with Crippen molar-refractivity contribution in [3.63, 3.8) is 0 Å². The maximum atomic E-state index is 12.0. The molecule has 0 saturated heterocycles. The smallest absolute Gasteiger partial charge is 0.267 e. The van der Waals surface area contributed by atoms with E-state index in [2.05, 4.69) is 10.1 Å². The second-order valence-corrected chi connectivity index (χ2v) is 5.86. The van der Waals surface area contributed by atoms with Crippen molar-refractivity contribution in [2.24, 2.45) is 0 Å². The van der Waals surface area contributed by atoms with Crippen molar-refractivity contribution in [1.82, 2.24) is 14.8 Å². The molecule has 2 heterocycles. The van der Waals surface area contributed by atoms with Crippen LogP contribution in [0.25, 0.3) is 22.5 Å². The SMILES string of the molecule is CC(C)n1nc(-c2cc(CO)cnc2-c2ccccc2)ccc1=O. The average Bonchev–Trinajstić information content (AvgIpc) is 2.62. The second kappa shape index (κ2) is 6.76. The van der Waals surface area contributed by atoms with Gasteiger partial charge in [-0.2, -0.15) is 5.10 Å². The van der Waals surface area contributed by atoms with Crippen LogP contribution < -0.4 is 5.56 Å². The molecule has 0 bridgehead atoms. The summed E-state index contributed by atoms with van der Waals surface area (Å²) in [5, 5.41) is 13.9. The normalized spacial score (nSPS) is 11.0. The van der Waals surface area contributed by atoms with Crippen LogP contribution in [0.1, 0.15) is 25.5 Å². The first-order chi connectivity index (χ1) is 11.6. The minimum absolute atomic E-state index is 0.0355. The summed E-state index contributed by atoms with van der Waals surface area (Å²) in [7, 11) is 0. The number of hydrogen-bond acceptors (Lipinski definition) is 4. The third kappa shape index (κ3) is 3.12. The Bertz CT molecular complexity index is 902. The molecular formula is C19H19N3O2. The first kappa shape index (κ1) is 16.1. The Morgan fingerprint density at radius 3 is 2.54 bits per heavy atom. The summed E-state index contributed by atoms with van der Waals surface area (Å²) in [6.45, 7) is 3.73. The molecule has 5 heteroatoms. The molecule has 3 aromatic rings. The molecule has 0 unspecified atom stereocenters. The van der Waals surface area contributed by atoms with Crippen LogP contribution in [-0.4, -0.2) is 19.9 Å². The first-order valence-corrected chi connectivity index (χ1v) is 7.85. The zero-order chi connectivity index (χ0) is 17.1. The molecule has 0 saturated carbocycles. The van der Waals surface area contributed by atoms with E-state index in [-0.39, 0.29) is 18.2 Å². The van der Waals surface area contributed by atoms with Gasteiger partial charge in [-0.15, -0.1) is 0 Å². The molecule has 1 N–H and O–H groups in total. The van der Waals surface area contributed by atoms with Crippen LogP contribution in [0, 0.1) is 0 Å². The minimum Gasteiger partial charge on any atom is -0.392 e. The molecule has 1 aromatic carbocycles. The van der Waals surface area contributed by atoms with Gasteiger partial charge in [0, 0.05) is 23.4 Å². The van der Waals surface area contributed by atoms with Gasteiger partial charge in [-0.3, -0.25) is 9.78 Å². The zero-order valence-corrected chi connectivity index (χ0v) is 13.7. The van der Waals surface area contributed by atoms with Crippen LogP contribution >= 0.6 is 0 Å². The monoisotopic (exact) mass is 321 g/mol. The predicted molar refractivity (Wildman–Crippen MR) is 93.5 cm³/mol. The Hall–Kier alpha value is -2.79. The fraction of sp³-hybridized carbons (Fsp3) is 0.211. The van der Waals surface area contributed by atoms with Crippen LogP contribution in [0.2, 0.25) is 0 Å². The Labute approximate surface area is 140 Å². The summed E-state index contributed by atoms with van der Waals surface area (Å²) in [5.41, 5.74) is 3.75. The molecule has 3 rings (SSSR count). The highest BCUT2D eigenvalue weighted by Gasteiger charge is 2.13. The molecule has 0 atom stereocenters. The number of aliphatic hydroxyl groups is 1. The molecule has 0 spiro atoms. The van der Waals surface area contributed by atoms with Gasteiger partial charge >= 0.3 is 0 Å². The molecular weight excluding hydrogens is 302 g/mol. The second-order valence-electron chi connectivity index (χ2n) is 5.86. The molecule has 0 fully saturated rings. The lowest BCUT2D eigenvalue weighted by Crippen LogP contribution is -2.24. The highest BCUT2D eigenvalue weighted by Crippen LogP contribution is 2.29. The van der Waals surface area contributed by atoms with E-state index in [1.165, 1.54) is 10.7 Å². The quantitative estimate of drug-likeness (QED) is 0.802. The Morgan fingerprint density at radius 2 is 1.88 bits per heavy atom. The Kier molecular flexibility index (Phi) is 4.53. The number of pyridine rings is 1. The molecule has 2 aromatic heterocycles. The van der Waals surface area contributed by atoms with E-state index in [1.807, 2.05) is 50.2 Å². The van der Waals surface area contributed by atoms with Crippen LogP contribution in [0.5, 0.6) is 0 Å². The summed E-state index contributed by atoms with van der Waals surface area (Å²) in [5.74, 6) is 0. The van der Waals surface area contributed by atoms with Gasteiger partial charge in [0.2, 0.25) is 0 Å². The van der Waals surface area contributed by atoms with E-state index >= 15 is 0 Å². The van der Waals surface area contributed by atoms with Gasteiger partial charge in [0.05, 0.1) is 24.0 Å². The summed E-state index contributed by atoms with van der Waals surface area (Å²) in [6, 6.07) is 14.8. The van der Waals surface area contributed by atoms with Crippen molar-refractivity contribution in [1.29, 1.82) is 0 Å². The number of benzene rings is 1. The van der Waals surface area contributed by atoms with Gasteiger partial charge < -0.3 is 5.11 Å². The molecule has 0 radical (unpaired) electrons. The summed E-state index contributed by atoms with van der Waals surface area (Å²) in [6.07, 6.45) is 1.66. The molecule has 0 aliphatic rings. The van der Waals surface area contributed by atoms with E-state index in [1.54, 1.807) is 12.3 Å². The van der Waals surface area contributed by atoms with Gasteiger partial charge in [0.1, 0.15) is 0 Å². The summed E-state index contributed by atoms with van der Waals surface area (Å²) in [4.78, 5) is 16.5. The minimum atomic E-state index is -0.138. The van der Waals surface area contributed by atoms with Crippen molar-refractivity contribution in [3.8, 4) is 22.5 Å². The van der Waals surface area contributed by atoms with Crippen LogP contribution in [0.15, 0.2) is 59.5 Å². The lowest BCUT2D eigenvalue weighted by Gasteiger charge is -2.13. The first-order valence-electron chi connectivity index (χ1n) is 7.85. The zero-order valence-electron chi connectivity index (χ0n) is 13.7. The third-order valence-corrected chi connectivity index (χ3v) is 3.76. The van der Waals surface area contributed by atoms with Crippen molar-refractivity contribution in [3.05, 3.63) is 70.6 Å². The molecule has 0 aliphatic heterocycles. The van der Waals surface area contributed by atoms with Gasteiger partial charge in [-0.05, 0) is 31.5 Å². The summed E-state index contributed by atoms with van der Waals surface area (Å²) < 4.78 is 1.45. The molecule has 0 aliphatic carbocycles. The van der Waals surface area contributed by atoms with E-state index < -0.39 is 0 Å². The fourth-order valence-corrected chi connectivity index (χ4v) is 2.55. The summed E-state index contributed by atoms with van der Waals surface area (Å²) >= 11 is 0. The lowest BCUT2D eigenvalue weighted by molar-refractivity contribution is 0.281. The van der Waals surface area contributed by atoms with Crippen molar-refractivity contribution < 1.29 is 5.11 Å². The standard InChI is InChI=1S/C19H19N3O2/c1-13(2)22-18(24)9-8-17(21-22)16-10-14(12-23)11-20-19(16)15-6-4-3-5-7-15/h3-11,13,23H,12H2,1-2H3. The number of aliphatic hydroxyl groups excluding tert-OH is 1. The van der Waals surface area contributed by atoms with Crippen LogP contribution in [-0.2, 0) is 6.61 Å². The maximum absolute atomic E-state index is 12.0. The van der Waals surface area contributed by atoms with Crippen molar-refractivity contribution >= 4 is 0 Å². The maximum Gasteiger partial charge on any atom is 0.267 e. The van der Waals surface area contributed by atoms with Gasteiger partial charge in [0.15, 0.2) is 0 Å². The fourth-order valence-electron chi connectivity index (χ4n) is 2.55. The van der Waals surface area contributed by atoms with E-state index in [0.29, 0.717) is 11.3 Å². The van der Waals surface area contributed by atoms with Crippen molar-refractivity contribution in [2.75, 3.05) is 0 Å². The number of hydrogen-bond donors (Lipinski definition) is 1. The highest BCUT2D eigenvalue weighted by atomic mass is 16.3. The third-order valence-electron chi connectivity index (χ3n) is 3.76. The van der Waals surface area contributed by atoms with E-state index in [0.717, 1.165) is 16.8 Å². The molecule has 0 amide bonds. The van der Waals surface area contributed by atoms with Gasteiger partial charge in [-0.25, -0.2) is 4.68 Å². The average molecular weight is 321 g/mol. The van der Waals surface area contributed by atoms with Crippen LogP contribution in [0.4, 0.5) is 0 Å². The largest absolute Gasteiger partial charge is 0.392 e. The molecule has 5 nitrogen and oxygen atoms in total. The lowest BCUT2D eigenvalue weighted by atomic mass is 10.0. The van der Waals surface area contributed by atoms with E-state index in [9.17, 15) is 9.90 Å². The molecule has 24 heavy (non-hydrogen) atoms. The number of aromatic nitrogens is 3. The Balaban J connectivity index is 2.23. The van der Waals surface area contributed by atoms with Crippen LogP contribution in [0.3, 0.4) is 0 Å². The van der Waals surface area contributed by atoms with Gasteiger partial charge in [-0.1, -0.05) is 30.3 Å². The number of rotatable bonds is 4. The van der Waals surface area contributed by atoms with Crippen molar-refractivity contribution in [2.45, 2.75) is 26.5 Å².